The highest BCUT2D eigenvalue weighted by atomic mass is 32.2. The van der Waals surface area contributed by atoms with Crippen molar-refractivity contribution in [1.82, 2.24) is 9.03 Å². The zero-order valence-electron chi connectivity index (χ0n) is 10.2. The summed E-state index contributed by atoms with van der Waals surface area (Å²) in [5.41, 5.74) is 0. The Balaban J connectivity index is 2.48. The van der Waals surface area contributed by atoms with E-state index in [1.54, 1.807) is 0 Å². The number of hydrogen-bond donors (Lipinski definition) is 1. The van der Waals surface area contributed by atoms with Crippen molar-refractivity contribution < 1.29 is 16.8 Å². The van der Waals surface area contributed by atoms with E-state index in [9.17, 15) is 16.8 Å². The second-order valence-electron chi connectivity index (χ2n) is 4.37. The zero-order chi connectivity index (χ0) is 13.1. The van der Waals surface area contributed by atoms with Crippen molar-refractivity contribution in [2.45, 2.75) is 32.2 Å². The van der Waals surface area contributed by atoms with E-state index in [2.05, 4.69) is 4.72 Å². The van der Waals surface area contributed by atoms with E-state index in [-0.39, 0.29) is 11.8 Å². The molecule has 102 valence electrons. The summed E-state index contributed by atoms with van der Waals surface area (Å²) in [6, 6.07) is -0.135. The first-order valence-corrected chi connectivity index (χ1v) is 9.20. The molecule has 6 nitrogen and oxygen atoms in total. The van der Waals surface area contributed by atoms with Crippen molar-refractivity contribution >= 4 is 20.0 Å². The van der Waals surface area contributed by atoms with Gasteiger partial charge in [0.25, 0.3) is 0 Å². The first-order valence-electron chi connectivity index (χ1n) is 5.70. The molecule has 0 aromatic rings. The van der Waals surface area contributed by atoms with Gasteiger partial charge in [-0.3, -0.25) is 0 Å². The van der Waals surface area contributed by atoms with Crippen LogP contribution in [0.15, 0.2) is 0 Å². The fraction of sp³-hybridized carbons (Fsp3) is 1.00. The summed E-state index contributed by atoms with van der Waals surface area (Å²) in [6.07, 6.45) is 2.83. The van der Waals surface area contributed by atoms with Crippen LogP contribution in [-0.4, -0.2) is 52.3 Å². The van der Waals surface area contributed by atoms with Crippen LogP contribution in [0, 0.1) is 0 Å². The topological polar surface area (TPSA) is 83.6 Å². The third-order valence-electron chi connectivity index (χ3n) is 2.74. The second kappa shape index (κ2) is 5.64. The minimum Gasteiger partial charge on any atom is -0.213 e. The van der Waals surface area contributed by atoms with Gasteiger partial charge in [-0.2, -0.15) is 0 Å². The Morgan fingerprint density at radius 2 is 1.71 bits per heavy atom. The van der Waals surface area contributed by atoms with Gasteiger partial charge in [0.1, 0.15) is 0 Å². The summed E-state index contributed by atoms with van der Waals surface area (Å²) in [7, 11) is -6.35. The SMILES string of the molecule is CCCS(=O)(=O)NC1CCN(S(C)(=O)=O)CC1. The van der Waals surface area contributed by atoms with Crippen LogP contribution in [0.1, 0.15) is 26.2 Å². The summed E-state index contributed by atoms with van der Waals surface area (Å²) < 4.78 is 49.6. The van der Waals surface area contributed by atoms with E-state index in [0.29, 0.717) is 32.4 Å². The van der Waals surface area contributed by atoms with Gasteiger partial charge < -0.3 is 0 Å². The lowest BCUT2D eigenvalue weighted by atomic mass is 10.1. The highest BCUT2D eigenvalue weighted by Crippen LogP contribution is 2.14. The average molecular weight is 284 g/mol. The standard InChI is InChI=1S/C9H20N2O4S2/c1-3-8-17(14,15)10-9-4-6-11(7-5-9)16(2,12)13/h9-10H,3-8H2,1-2H3. The fourth-order valence-electron chi connectivity index (χ4n) is 1.89. The van der Waals surface area contributed by atoms with Crippen molar-refractivity contribution in [3.63, 3.8) is 0 Å². The third-order valence-corrected chi connectivity index (χ3v) is 5.68. The van der Waals surface area contributed by atoms with Crippen LogP contribution in [0.2, 0.25) is 0 Å². The largest absolute Gasteiger partial charge is 0.213 e. The lowest BCUT2D eigenvalue weighted by Gasteiger charge is -2.30. The molecule has 0 saturated carbocycles. The van der Waals surface area contributed by atoms with Gasteiger partial charge in [-0.1, -0.05) is 6.92 Å². The number of sulfonamides is 2. The van der Waals surface area contributed by atoms with Crippen LogP contribution in [0.5, 0.6) is 0 Å². The van der Waals surface area contributed by atoms with E-state index in [0.717, 1.165) is 0 Å². The molecule has 0 atom stereocenters. The van der Waals surface area contributed by atoms with Crippen LogP contribution in [0.4, 0.5) is 0 Å². The molecule has 1 rings (SSSR count). The average Bonchev–Trinajstić information content (AvgIpc) is 2.16. The molecule has 0 radical (unpaired) electrons. The molecule has 0 aromatic carbocycles. The van der Waals surface area contributed by atoms with Crippen molar-refractivity contribution in [3.05, 3.63) is 0 Å². The smallest absolute Gasteiger partial charge is 0.211 e. The molecule has 1 saturated heterocycles. The Kier molecular flexibility index (Phi) is 4.94. The predicted octanol–water partition coefficient (Wildman–Crippen LogP) is -0.260. The number of hydrogen-bond acceptors (Lipinski definition) is 4. The summed E-state index contributed by atoms with van der Waals surface area (Å²) >= 11 is 0. The van der Waals surface area contributed by atoms with Crippen molar-refractivity contribution in [2.24, 2.45) is 0 Å². The summed E-state index contributed by atoms with van der Waals surface area (Å²) in [5.74, 6) is 0.124. The van der Waals surface area contributed by atoms with E-state index in [1.807, 2.05) is 6.92 Å². The molecule has 0 aromatic heterocycles. The van der Waals surface area contributed by atoms with E-state index in [4.69, 9.17) is 0 Å². The normalized spacial score (nSPS) is 20.6. The van der Waals surface area contributed by atoms with Gasteiger partial charge in [-0.05, 0) is 19.3 Å². The Hall–Kier alpha value is -0.180. The van der Waals surface area contributed by atoms with Crippen LogP contribution >= 0.6 is 0 Å². The van der Waals surface area contributed by atoms with Gasteiger partial charge in [0.15, 0.2) is 0 Å². The van der Waals surface area contributed by atoms with Crippen LogP contribution in [-0.2, 0) is 20.0 Å². The van der Waals surface area contributed by atoms with E-state index in [1.165, 1.54) is 10.6 Å². The lowest BCUT2D eigenvalue weighted by molar-refractivity contribution is 0.310. The maximum Gasteiger partial charge on any atom is 0.211 e. The van der Waals surface area contributed by atoms with Gasteiger partial charge in [0.05, 0.1) is 12.0 Å². The Morgan fingerprint density at radius 3 is 2.12 bits per heavy atom. The third kappa shape index (κ3) is 4.90. The Bertz CT molecular complexity index is 436. The highest BCUT2D eigenvalue weighted by Gasteiger charge is 2.26. The number of piperidine rings is 1. The van der Waals surface area contributed by atoms with Crippen LogP contribution in [0.25, 0.3) is 0 Å². The van der Waals surface area contributed by atoms with Crippen LogP contribution in [0.3, 0.4) is 0 Å². The molecule has 1 fully saturated rings. The highest BCUT2D eigenvalue weighted by molar-refractivity contribution is 7.89. The van der Waals surface area contributed by atoms with Gasteiger partial charge in [0, 0.05) is 19.1 Å². The molecule has 1 heterocycles. The number of rotatable bonds is 5. The molecule has 17 heavy (non-hydrogen) atoms. The Labute approximate surface area is 103 Å². The summed E-state index contributed by atoms with van der Waals surface area (Å²) in [5, 5.41) is 0. The quantitative estimate of drug-likeness (QED) is 0.754. The maximum absolute atomic E-state index is 11.5. The molecule has 0 spiro atoms. The second-order valence-corrected chi connectivity index (χ2v) is 8.23. The molecule has 0 bridgehead atoms. The summed E-state index contributed by atoms with van der Waals surface area (Å²) in [4.78, 5) is 0. The van der Waals surface area contributed by atoms with Crippen molar-refractivity contribution in [1.29, 1.82) is 0 Å². The molecule has 1 N–H and O–H groups in total. The molecule has 0 unspecified atom stereocenters. The Morgan fingerprint density at radius 1 is 1.18 bits per heavy atom. The summed E-state index contributed by atoms with van der Waals surface area (Å²) in [6.45, 7) is 2.59. The van der Waals surface area contributed by atoms with E-state index < -0.39 is 20.0 Å². The van der Waals surface area contributed by atoms with E-state index >= 15 is 0 Å². The number of nitrogens with zero attached hydrogens (tertiary/aromatic N) is 1. The van der Waals surface area contributed by atoms with Gasteiger partial charge in [0.2, 0.25) is 20.0 Å². The molecule has 0 amide bonds. The molecule has 0 aliphatic carbocycles. The fourth-order valence-corrected chi connectivity index (χ4v) is 4.16. The minimum absolute atomic E-state index is 0.124. The van der Waals surface area contributed by atoms with Crippen molar-refractivity contribution in [2.75, 3.05) is 25.1 Å². The predicted molar refractivity (Wildman–Crippen MR) is 66.7 cm³/mol. The molecule has 1 aliphatic rings. The molecular weight excluding hydrogens is 264 g/mol. The lowest BCUT2D eigenvalue weighted by Crippen LogP contribution is -2.46. The van der Waals surface area contributed by atoms with Gasteiger partial charge in [-0.15, -0.1) is 0 Å². The van der Waals surface area contributed by atoms with Gasteiger partial charge >= 0.3 is 0 Å². The first kappa shape index (κ1) is 14.9. The molecular formula is C9H20N2O4S2. The maximum atomic E-state index is 11.5. The minimum atomic E-state index is -3.20. The molecule has 8 heteroatoms. The zero-order valence-corrected chi connectivity index (χ0v) is 11.8. The first-order chi connectivity index (χ1) is 7.74. The molecule has 1 aliphatic heterocycles. The van der Waals surface area contributed by atoms with Crippen molar-refractivity contribution in [3.8, 4) is 0 Å². The van der Waals surface area contributed by atoms with Crippen LogP contribution < -0.4 is 4.72 Å². The monoisotopic (exact) mass is 284 g/mol. The van der Waals surface area contributed by atoms with Gasteiger partial charge in [-0.25, -0.2) is 25.9 Å². The number of nitrogens with one attached hydrogen (secondary N) is 1.